The first-order valence-electron chi connectivity index (χ1n) is 18.4. The zero-order valence-corrected chi connectivity index (χ0v) is 30.0. The van der Waals surface area contributed by atoms with E-state index in [0.29, 0.717) is 32.6 Å². The lowest BCUT2D eigenvalue weighted by molar-refractivity contribution is -0.144. The van der Waals surface area contributed by atoms with Crippen molar-refractivity contribution in [2.45, 2.75) is 155 Å². The van der Waals surface area contributed by atoms with E-state index in [2.05, 4.69) is 50.1 Å². The third kappa shape index (κ3) is 31.9. The van der Waals surface area contributed by atoms with Crippen molar-refractivity contribution in [2.24, 2.45) is 0 Å². The van der Waals surface area contributed by atoms with Crippen LogP contribution in [-0.4, -0.2) is 94.5 Å². The van der Waals surface area contributed by atoms with Crippen LogP contribution in [0.5, 0.6) is 0 Å². The van der Waals surface area contributed by atoms with E-state index in [9.17, 15) is 14.4 Å². The summed E-state index contributed by atoms with van der Waals surface area (Å²) in [4.78, 5) is 40.9. The monoisotopic (exact) mass is 642 g/mol. The van der Waals surface area contributed by atoms with Gasteiger partial charge in [-0.1, -0.05) is 52.4 Å². The summed E-state index contributed by atoms with van der Waals surface area (Å²) >= 11 is 0. The lowest BCUT2D eigenvalue weighted by Gasteiger charge is -2.19. The smallest absolute Gasteiger partial charge is 0.407 e. The Kier molecular flexibility index (Phi) is 30.8. The summed E-state index contributed by atoms with van der Waals surface area (Å²) in [7, 11) is 6.34. The van der Waals surface area contributed by atoms with Crippen LogP contribution in [0.15, 0.2) is 0 Å². The summed E-state index contributed by atoms with van der Waals surface area (Å²) in [6.45, 7) is 8.96. The molecule has 0 rings (SSSR count). The van der Waals surface area contributed by atoms with Crippen LogP contribution in [0.1, 0.15) is 149 Å². The predicted octanol–water partition coefficient (Wildman–Crippen LogP) is 7.89. The first-order chi connectivity index (χ1) is 21.8. The maximum atomic E-state index is 12.6. The average Bonchev–Trinajstić information content (AvgIpc) is 3.01. The van der Waals surface area contributed by atoms with E-state index >= 15 is 0 Å². The van der Waals surface area contributed by atoms with Crippen LogP contribution in [-0.2, 0) is 23.8 Å². The number of nitrogens with zero attached hydrogens (tertiary/aromatic N) is 2. The normalized spacial score (nSPS) is 11.4. The van der Waals surface area contributed by atoms with Crippen molar-refractivity contribution < 1.29 is 28.6 Å². The molecule has 0 aliphatic rings. The molecule has 0 heterocycles. The quantitative estimate of drug-likeness (QED) is 0.0450. The minimum Gasteiger partial charge on any atom is -0.466 e. The summed E-state index contributed by atoms with van der Waals surface area (Å²) in [6.07, 6.45) is 19.3. The van der Waals surface area contributed by atoms with Gasteiger partial charge in [0.05, 0.1) is 13.2 Å². The second-order valence-corrected chi connectivity index (χ2v) is 12.9. The molecule has 0 aliphatic heterocycles. The summed E-state index contributed by atoms with van der Waals surface area (Å²) < 4.78 is 16.6. The van der Waals surface area contributed by atoms with E-state index in [0.717, 1.165) is 129 Å². The fourth-order valence-corrected chi connectivity index (χ4v) is 5.13. The van der Waals surface area contributed by atoms with Gasteiger partial charge in [-0.15, -0.1) is 0 Å². The second-order valence-electron chi connectivity index (χ2n) is 12.9. The number of alkyl carbamates (subject to hydrolysis) is 1. The van der Waals surface area contributed by atoms with E-state index in [1.54, 1.807) is 0 Å². The van der Waals surface area contributed by atoms with Crippen molar-refractivity contribution >= 4 is 18.0 Å². The van der Waals surface area contributed by atoms with Gasteiger partial charge in [-0.05, 0) is 124 Å². The van der Waals surface area contributed by atoms with Crippen LogP contribution in [0.25, 0.3) is 0 Å². The molecule has 0 aliphatic carbocycles. The van der Waals surface area contributed by atoms with Gasteiger partial charge in [0.15, 0.2) is 0 Å². The number of rotatable bonds is 32. The first-order valence-corrected chi connectivity index (χ1v) is 18.4. The van der Waals surface area contributed by atoms with Crippen molar-refractivity contribution in [3.05, 3.63) is 0 Å². The molecule has 9 heteroatoms. The molecule has 266 valence electrons. The van der Waals surface area contributed by atoms with E-state index in [-0.39, 0.29) is 24.1 Å². The molecule has 0 fully saturated rings. The molecule has 0 saturated carbocycles. The lowest BCUT2D eigenvalue weighted by atomic mass is 10.0. The second kappa shape index (κ2) is 32.1. The fourth-order valence-electron chi connectivity index (χ4n) is 5.13. The fraction of sp³-hybridized carbons (Fsp3) is 0.917. The Morgan fingerprint density at radius 3 is 1.58 bits per heavy atom. The molecule has 0 unspecified atom stereocenters. The highest BCUT2D eigenvalue weighted by Gasteiger charge is 2.14. The molecule has 0 radical (unpaired) electrons. The van der Waals surface area contributed by atoms with E-state index in [1.807, 2.05) is 0 Å². The Labute approximate surface area is 276 Å². The minimum absolute atomic E-state index is 0.0957. The van der Waals surface area contributed by atoms with Crippen molar-refractivity contribution in [3.8, 4) is 0 Å². The number of hydrogen-bond acceptors (Lipinski definition) is 8. The van der Waals surface area contributed by atoms with Gasteiger partial charge in [0.25, 0.3) is 0 Å². The van der Waals surface area contributed by atoms with E-state index in [4.69, 9.17) is 14.2 Å². The Balaban J connectivity index is 4.33. The third-order valence-corrected chi connectivity index (χ3v) is 7.99. The van der Waals surface area contributed by atoms with Gasteiger partial charge in [-0.3, -0.25) is 9.59 Å². The highest BCUT2D eigenvalue weighted by atomic mass is 16.6. The zero-order chi connectivity index (χ0) is 33.4. The molecule has 9 nitrogen and oxygen atoms in total. The number of ether oxygens (including phenoxy) is 3. The molecule has 0 spiro atoms. The molecule has 0 atom stereocenters. The van der Waals surface area contributed by atoms with Crippen molar-refractivity contribution in [3.63, 3.8) is 0 Å². The number of carbonyl (C=O) groups excluding carboxylic acids is 3. The number of hydrogen-bond donors (Lipinski definition) is 1. The number of amides is 1. The van der Waals surface area contributed by atoms with Gasteiger partial charge in [0.1, 0.15) is 6.10 Å². The van der Waals surface area contributed by atoms with Crippen LogP contribution in [0.2, 0.25) is 0 Å². The van der Waals surface area contributed by atoms with Crippen LogP contribution < -0.4 is 5.32 Å². The van der Waals surface area contributed by atoms with Gasteiger partial charge in [0.2, 0.25) is 0 Å². The number of unbranched alkanes of at least 4 members (excludes halogenated alkanes) is 11. The van der Waals surface area contributed by atoms with Gasteiger partial charge < -0.3 is 29.3 Å². The molecule has 1 amide bonds. The van der Waals surface area contributed by atoms with E-state index in [1.165, 1.54) is 12.8 Å². The average molecular weight is 642 g/mol. The number of nitrogens with one attached hydrogen (secondary N) is 1. The van der Waals surface area contributed by atoms with Gasteiger partial charge in [0, 0.05) is 19.4 Å². The zero-order valence-electron chi connectivity index (χ0n) is 30.0. The van der Waals surface area contributed by atoms with Crippen molar-refractivity contribution in [1.82, 2.24) is 15.1 Å². The third-order valence-electron chi connectivity index (χ3n) is 7.99. The van der Waals surface area contributed by atoms with E-state index < -0.39 is 0 Å². The Morgan fingerprint density at radius 2 is 1.07 bits per heavy atom. The number of esters is 2. The topological polar surface area (TPSA) is 97.4 Å². The Hall–Kier alpha value is -1.87. The SMILES string of the molecule is CCCCCCC(=O)OCCCCCC(CCCCCOC(=O)CCCCCC)OC(=O)NCCCN(C)CCCCN(C)C. The highest BCUT2D eigenvalue weighted by molar-refractivity contribution is 5.69. The lowest BCUT2D eigenvalue weighted by Crippen LogP contribution is -2.32. The maximum absolute atomic E-state index is 12.6. The Morgan fingerprint density at radius 1 is 0.578 bits per heavy atom. The van der Waals surface area contributed by atoms with Gasteiger partial charge >= 0.3 is 18.0 Å². The largest absolute Gasteiger partial charge is 0.466 e. The van der Waals surface area contributed by atoms with Crippen LogP contribution in [0, 0.1) is 0 Å². The molecule has 0 aromatic rings. The molecular weight excluding hydrogens is 570 g/mol. The first kappa shape index (κ1) is 43.1. The molecular formula is C36H71N3O6. The summed E-state index contributed by atoms with van der Waals surface area (Å²) in [6, 6.07) is 0. The predicted molar refractivity (Wildman–Crippen MR) is 185 cm³/mol. The standard InChI is InChI=1S/C36H71N3O6/c1-6-8-10-16-25-34(40)43-31-20-12-14-23-33(24-15-13-21-32-44-35(41)26-17-11-9-7-2)45-36(42)37-27-22-30-39(5)29-19-18-28-38(3)4/h33H,6-32H2,1-5H3,(H,37,42). The summed E-state index contributed by atoms with van der Waals surface area (Å²) in [5.74, 6) is -0.191. The summed E-state index contributed by atoms with van der Waals surface area (Å²) in [5.41, 5.74) is 0. The van der Waals surface area contributed by atoms with Crippen LogP contribution >= 0.6 is 0 Å². The number of carbonyl (C=O) groups is 3. The van der Waals surface area contributed by atoms with Crippen molar-refractivity contribution in [2.75, 3.05) is 60.5 Å². The Bertz CT molecular complexity index is 670. The molecule has 0 aromatic carbocycles. The molecule has 45 heavy (non-hydrogen) atoms. The van der Waals surface area contributed by atoms with Crippen LogP contribution in [0.4, 0.5) is 4.79 Å². The van der Waals surface area contributed by atoms with Crippen LogP contribution in [0.3, 0.4) is 0 Å². The molecule has 0 bridgehead atoms. The summed E-state index contributed by atoms with van der Waals surface area (Å²) in [5, 5.41) is 2.94. The minimum atomic E-state index is -0.345. The van der Waals surface area contributed by atoms with Crippen molar-refractivity contribution in [1.29, 1.82) is 0 Å². The maximum Gasteiger partial charge on any atom is 0.407 e. The van der Waals surface area contributed by atoms with Gasteiger partial charge in [-0.25, -0.2) is 4.79 Å². The molecule has 1 N–H and O–H groups in total. The highest BCUT2D eigenvalue weighted by Crippen LogP contribution is 2.15. The molecule has 0 saturated heterocycles. The van der Waals surface area contributed by atoms with Gasteiger partial charge in [-0.2, -0.15) is 0 Å². The molecule has 0 aromatic heterocycles.